The van der Waals surface area contributed by atoms with Crippen LogP contribution in [0.2, 0.25) is 0 Å². The van der Waals surface area contributed by atoms with Crippen molar-refractivity contribution >= 4 is 5.91 Å². The first-order valence-electron chi connectivity index (χ1n) is 4.70. The number of pyridine rings is 1. The van der Waals surface area contributed by atoms with Crippen molar-refractivity contribution in [3.05, 3.63) is 52.2 Å². The molecule has 16 heavy (non-hydrogen) atoms. The molecule has 3 N–H and O–H groups in total. The molecule has 82 valence electrons. The van der Waals surface area contributed by atoms with E-state index in [4.69, 9.17) is 0 Å². The summed E-state index contributed by atoms with van der Waals surface area (Å²) in [6, 6.07) is 4.75. The van der Waals surface area contributed by atoms with Gasteiger partial charge in [0, 0.05) is 18.5 Å². The summed E-state index contributed by atoms with van der Waals surface area (Å²) in [6.07, 6.45) is 3.08. The molecule has 2 aromatic heterocycles. The molecule has 2 aromatic rings. The molecule has 0 atom stereocenters. The van der Waals surface area contributed by atoms with Gasteiger partial charge in [0.05, 0.1) is 17.8 Å². The second-order valence-electron chi connectivity index (χ2n) is 3.21. The summed E-state index contributed by atoms with van der Waals surface area (Å²) in [7, 11) is 0. The lowest BCUT2D eigenvalue weighted by atomic mass is 10.2. The molecule has 6 nitrogen and oxygen atoms in total. The van der Waals surface area contributed by atoms with Crippen LogP contribution in [-0.4, -0.2) is 21.1 Å². The average Bonchev–Trinajstić information content (AvgIpc) is 2.73. The monoisotopic (exact) mass is 218 g/mol. The Kier molecular flexibility index (Phi) is 2.81. The van der Waals surface area contributed by atoms with Gasteiger partial charge in [0.1, 0.15) is 0 Å². The summed E-state index contributed by atoms with van der Waals surface area (Å²) in [5, 5.41) is 7.69. The van der Waals surface area contributed by atoms with Crippen molar-refractivity contribution < 1.29 is 4.79 Å². The van der Waals surface area contributed by atoms with E-state index in [-0.39, 0.29) is 18.0 Å². The minimum absolute atomic E-state index is 0.217. The van der Waals surface area contributed by atoms with Crippen molar-refractivity contribution in [3.63, 3.8) is 0 Å². The average molecular weight is 218 g/mol. The van der Waals surface area contributed by atoms with E-state index in [0.29, 0.717) is 11.3 Å². The Labute approximate surface area is 90.7 Å². The number of hydrogen-bond donors (Lipinski definition) is 3. The number of nitrogens with one attached hydrogen (secondary N) is 3. The number of aromatic nitrogens is 3. The van der Waals surface area contributed by atoms with Crippen LogP contribution >= 0.6 is 0 Å². The fourth-order valence-electron chi connectivity index (χ4n) is 1.24. The highest BCUT2D eigenvalue weighted by atomic mass is 16.1. The van der Waals surface area contributed by atoms with Gasteiger partial charge in [-0.15, -0.1) is 0 Å². The molecule has 0 unspecified atom stereocenters. The Hall–Kier alpha value is -2.37. The molecule has 2 rings (SSSR count). The third kappa shape index (κ3) is 2.35. The molecule has 0 saturated heterocycles. The van der Waals surface area contributed by atoms with Gasteiger partial charge in [0.25, 0.3) is 11.5 Å². The maximum Gasteiger partial charge on any atom is 0.264 e. The normalized spacial score (nSPS) is 10.0. The Bertz CT molecular complexity index is 529. The predicted octanol–water partition coefficient (Wildman–Crippen LogP) is 0.0280. The minimum Gasteiger partial charge on any atom is -0.346 e. The van der Waals surface area contributed by atoms with Gasteiger partial charge < -0.3 is 10.4 Å². The Balaban J connectivity index is 1.96. The number of H-pyrrole nitrogens is 2. The smallest absolute Gasteiger partial charge is 0.264 e. The topological polar surface area (TPSA) is 90.6 Å². The molecule has 0 aromatic carbocycles. The third-order valence-electron chi connectivity index (χ3n) is 2.01. The molecule has 0 bridgehead atoms. The first kappa shape index (κ1) is 10.2. The van der Waals surface area contributed by atoms with Crippen LogP contribution < -0.4 is 10.9 Å². The highest BCUT2D eigenvalue weighted by Gasteiger charge is 2.04. The Morgan fingerprint density at radius 3 is 2.94 bits per heavy atom. The Morgan fingerprint density at radius 1 is 1.44 bits per heavy atom. The summed E-state index contributed by atoms with van der Waals surface area (Å²) in [5.41, 5.74) is 0.897. The van der Waals surface area contributed by atoms with E-state index in [1.807, 2.05) is 0 Å². The SMILES string of the molecule is O=C(NCc1cc(=O)[nH][nH]1)c1cccnc1. The van der Waals surface area contributed by atoms with Crippen molar-refractivity contribution in [2.45, 2.75) is 6.54 Å². The van der Waals surface area contributed by atoms with Gasteiger partial charge in [-0.05, 0) is 12.1 Å². The van der Waals surface area contributed by atoms with Gasteiger partial charge >= 0.3 is 0 Å². The number of rotatable bonds is 3. The minimum atomic E-state index is -0.227. The molecule has 0 spiro atoms. The van der Waals surface area contributed by atoms with Crippen molar-refractivity contribution in [2.24, 2.45) is 0 Å². The Morgan fingerprint density at radius 2 is 2.31 bits per heavy atom. The summed E-state index contributed by atoms with van der Waals surface area (Å²) in [4.78, 5) is 26.2. The lowest BCUT2D eigenvalue weighted by molar-refractivity contribution is 0.0950. The molecular formula is C10H10N4O2. The fraction of sp³-hybridized carbons (Fsp3) is 0.100. The number of aromatic amines is 2. The van der Waals surface area contributed by atoms with Crippen molar-refractivity contribution in [1.82, 2.24) is 20.5 Å². The molecule has 0 saturated carbocycles. The van der Waals surface area contributed by atoms with Crippen LogP contribution in [0.3, 0.4) is 0 Å². The quantitative estimate of drug-likeness (QED) is 0.678. The van der Waals surface area contributed by atoms with Crippen LogP contribution in [0.5, 0.6) is 0 Å². The standard InChI is InChI=1S/C10H10N4O2/c15-9-4-8(13-14-9)6-12-10(16)7-2-1-3-11-5-7/h1-5H,6H2,(H,12,16)(H2,13,14,15). The molecular weight excluding hydrogens is 208 g/mol. The van der Waals surface area contributed by atoms with Crippen molar-refractivity contribution in [3.8, 4) is 0 Å². The lowest BCUT2D eigenvalue weighted by Crippen LogP contribution is -2.23. The number of carbonyl (C=O) groups excluding carboxylic acids is 1. The van der Waals surface area contributed by atoms with Gasteiger partial charge in [0.2, 0.25) is 0 Å². The first-order valence-corrected chi connectivity index (χ1v) is 4.70. The second-order valence-corrected chi connectivity index (χ2v) is 3.21. The van der Waals surface area contributed by atoms with Crippen LogP contribution in [0.25, 0.3) is 0 Å². The molecule has 0 aliphatic rings. The largest absolute Gasteiger partial charge is 0.346 e. The number of amides is 1. The zero-order valence-electron chi connectivity index (χ0n) is 8.36. The summed E-state index contributed by atoms with van der Waals surface area (Å²) in [6.45, 7) is 0.270. The van der Waals surface area contributed by atoms with Crippen LogP contribution in [0, 0.1) is 0 Å². The fourth-order valence-corrected chi connectivity index (χ4v) is 1.24. The summed E-state index contributed by atoms with van der Waals surface area (Å²) in [5.74, 6) is -0.227. The van der Waals surface area contributed by atoms with E-state index in [9.17, 15) is 9.59 Å². The molecule has 1 amide bonds. The van der Waals surface area contributed by atoms with Gasteiger partial charge in [0.15, 0.2) is 0 Å². The van der Waals surface area contributed by atoms with E-state index in [0.717, 1.165) is 0 Å². The number of nitrogens with zero attached hydrogens (tertiary/aromatic N) is 1. The maximum absolute atomic E-state index is 11.6. The van der Waals surface area contributed by atoms with Gasteiger partial charge in [-0.25, -0.2) is 0 Å². The van der Waals surface area contributed by atoms with Crippen LogP contribution in [0.1, 0.15) is 16.1 Å². The van der Waals surface area contributed by atoms with E-state index in [2.05, 4.69) is 20.5 Å². The predicted molar refractivity (Wildman–Crippen MR) is 56.8 cm³/mol. The van der Waals surface area contributed by atoms with Gasteiger partial charge in [-0.2, -0.15) is 0 Å². The van der Waals surface area contributed by atoms with E-state index < -0.39 is 0 Å². The number of carbonyl (C=O) groups is 1. The van der Waals surface area contributed by atoms with Crippen molar-refractivity contribution in [2.75, 3.05) is 0 Å². The first-order chi connectivity index (χ1) is 7.75. The molecule has 0 aliphatic carbocycles. The lowest BCUT2D eigenvalue weighted by Gasteiger charge is -2.02. The van der Waals surface area contributed by atoms with Crippen LogP contribution in [0.15, 0.2) is 35.4 Å². The third-order valence-corrected chi connectivity index (χ3v) is 2.01. The van der Waals surface area contributed by atoms with E-state index in [1.165, 1.54) is 12.3 Å². The van der Waals surface area contributed by atoms with Gasteiger partial charge in [-0.1, -0.05) is 0 Å². The molecule has 0 radical (unpaired) electrons. The zero-order valence-corrected chi connectivity index (χ0v) is 8.36. The van der Waals surface area contributed by atoms with E-state index >= 15 is 0 Å². The van der Waals surface area contributed by atoms with Crippen molar-refractivity contribution in [1.29, 1.82) is 0 Å². The molecule has 6 heteroatoms. The zero-order chi connectivity index (χ0) is 11.4. The maximum atomic E-state index is 11.6. The highest BCUT2D eigenvalue weighted by Crippen LogP contribution is 1.96. The highest BCUT2D eigenvalue weighted by molar-refractivity contribution is 5.93. The van der Waals surface area contributed by atoms with Crippen LogP contribution in [-0.2, 0) is 6.54 Å². The summed E-state index contributed by atoms with van der Waals surface area (Å²) < 4.78 is 0. The van der Waals surface area contributed by atoms with Crippen LogP contribution in [0.4, 0.5) is 0 Å². The molecule has 0 fully saturated rings. The second kappa shape index (κ2) is 4.43. The summed E-state index contributed by atoms with van der Waals surface area (Å²) >= 11 is 0. The van der Waals surface area contributed by atoms with E-state index in [1.54, 1.807) is 18.3 Å². The molecule has 2 heterocycles. The molecule has 0 aliphatic heterocycles. The number of hydrogen-bond acceptors (Lipinski definition) is 3. The van der Waals surface area contributed by atoms with Gasteiger partial charge in [-0.3, -0.25) is 19.7 Å².